The second-order valence-electron chi connectivity index (χ2n) is 9.40. The Morgan fingerprint density at radius 2 is 1.88 bits per heavy atom. The first-order valence-electron chi connectivity index (χ1n) is 12.7. The number of halogens is 6. The lowest BCUT2D eigenvalue weighted by Gasteiger charge is -2.12. The summed E-state index contributed by atoms with van der Waals surface area (Å²) in [4.78, 5) is 20.0. The Morgan fingerprint density at radius 3 is 2.63 bits per heavy atom. The van der Waals surface area contributed by atoms with E-state index in [9.17, 15) is 36.2 Å². The first kappa shape index (κ1) is 31.9. The van der Waals surface area contributed by atoms with Crippen molar-refractivity contribution in [3.05, 3.63) is 81.1 Å². The predicted octanol–water partition coefficient (Wildman–Crippen LogP) is 3.73. The molecule has 0 aliphatic rings. The van der Waals surface area contributed by atoms with Gasteiger partial charge in [-0.3, -0.25) is 20.1 Å². The second-order valence-corrected chi connectivity index (χ2v) is 10.5. The van der Waals surface area contributed by atoms with Gasteiger partial charge in [-0.1, -0.05) is 22.6 Å². The topological polar surface area (TPSA) is 144 Å². The van der Waals surface area contributed by atoms with Crippen LogP contribution < -0.4 is 10.6 Å². The molecule has 11 nitrogen and oxygen atoms in total. The minimum absolute atomic E-state index is 0.00589. The van der Waals surface area contributed by atoms with E-state index in [0.29, 0.717) is 10.7 Å². The molecular formula is C25H25F6N9O2S. The Labute approximate surface area is 244 Å². The van der Waals surface area contributed by atoms with Crippen LogP contribution in [-0.2, 0) is 38.2 Å². The van der Waals surface area contributed by atoms with Crippen molar-refractivity contribution in [1.82, 2.24) is 45.8 Å². The number of nitrogens with zero attached hydrogens (tertiary/aromatic N) is 7. The van der Waals surface area contributed by atoms with Gasteiger partial charge in [0.15, 0.2) is 16.9 Å². The number of hydrogen-bond acceptors (Lipinski definition) is 10. The maximum atomic E-state index is 14.6. The van der Waals surface area contributed by atoms with E-state index in [1.54, 1.807) is 0 Å². The summed E-state index contributed by atoms with van der Waals surface area (Å²) in [6.45, 7) is 0.223. The van der Waals surface area contributed by atoms with Crippen LogP contribution in [0.2, 0.25) is 0 Å². The molecule has 4 aromatic heterocycles. The molecule has 0 aliphatic heterocycles. The molecular weight excluding hydrogens is 604 g/mol. The third-order valence-corrected chi connectivity index (χ3v) is 6.89. The number of aromatic nitrogens is 7. The van der Waals surface area contributed by atoms with Crippen LogP contribution in [-0.4, -0.2) is 52.3 Å². The zero-order chi connectivity index (χ0) is 31.2. The average molecular weight is 630 g/mol. The molecule has 3 N–H and O–H groups in total. The van der Waals surface area contributed by atoms with Gasteiger partial charge in [-0.2, -0.15) is 22.0 Å². The molecule has 0 spiro atoms. The fourth-order valence-corrected chi connectivity index (χ4v) is 4.49. The molecule has 18 heteroatoms. The lowest BCUT2D eigenvalue weighted by atomic mass is 10.2. The number of alkyl halides is 6. The summed E-state index contributed by atoms with van der Waals surface area (Å²) >= 11 is 1.05. The molecule has 2 atom stereocenters. The van der Waals surface area contributed by atoms with Crippen molar-refractivity contribution in [2.75, 3.05) is 0 Å². The van der Waals surface area contributed by atoms with Crippen molar-refractivity contribution in [3.63, 3.8) is 0 Å². The number of nitrogens with one attached hydrogen (secondary N) is 2. The summed E-state index contributed by atoms with van der Waals surface area (Å²) in [5.41, 5.74) is -1.15. The molecule has 43 heavy (non-hydrogen) atoms. The Balaban J connectivity index is 1.21. The largest absolute Gasteiger partial charge is 0.416 e. The number of pyridine rings is 2. The Morgan fingerprint density at radius 1 is 1.09 bits per heavy atom. The monoisotopic (exact) mass is 629 g/mol. The van der Waals surface area contributed by atoms with Gasteiger partial charge in [0.2, 0.25) is 0 Å². The van der Waals surface area contributed by atoms with Gasteiger partial charge >= 0.3 is 6.18 Å². The van der Waals surface area contributed by atoms with Crippen LogP contribution in [0.1, 0.15) is 62.7 Å². The van der Waals surface area contributed by atoms with E-state index in [0.717, 1.165) is 41.3 Å². The Bertz CT molecular complexity index is 1530. The van der Waals surface area contributed by atoms with Gasteiger partial charge in [0, 0.05) is 26.1 Å². The SMILES string of the molecule is CC(F)(F)c1cccc(CNC(O)c2nnc(CCC(F)Cn3cc(C(=O)NCc4cc(C(F)(F)F)ccn4)nn3)s2)n1. The molecule has 4 heterocycles. The highest BCUT2D eigenvalue weighted by atomic mass is 32.1. The number of carbonyl (C=O) groups is 1. The van der Waals surface area contributed by atoms with E-state index in [2.05, 4.69) is 41.1 Å². The van der Waals surface area contributed by atoms with Crippen LogP contribution in [0.5, 0.6) is 0 Å². The van der Waals surface area contributed by atoms with E-state index in [4.69, 9.17) is 0 Å². The Hall–Kier alpha value is -4.03. The van der Waals surface area contributed by atoms with Gasteiger partial charge < -0.3 is 10.4 Å². The van der Waals surface area contributed by atoms with E-state index in [1.165, 1.54) is 24.4 Å². The molecule has 1 amide bonds. The fraction of sp³-hybridized carbons (Fsp3) is 0.400. The van der Waals surface area contributed by atoms with Gasteiger partial charge in [0.05, 0.1) is 36.2 Å². The van der Waals surface area contributed by atoms with Crippen LogP contribution >= 0.6 is 11.3 Å². The molecule has 0 saturated carbocycles. The van der Waals surface area contributed by atoms with Crippen molar-refractivity contribution in [3.8, 4) is 0 Å². The summed E-state index contributed by atoms with van der Waals surface area (Å²) in [5, 5.41) is 31.3. The summed E-state index contributed by atoms with van der Waals surface area (Å²) < 4.78 is 81.2. The molecule has 0 aliphatic carbocycles. The molecule has 0 saturated heterocycles. The van der Waals surface area contributed by atoms with E-state index in [-0.39, 0.29) is 48.9 Å². The molecule has 4 aromatic rings. The number of aliphatic hydroxyl groups is 1. The average Bonchev–Trinajstić information content (AvgIpc) is 3.63. The lowest BCUT2D eigenvalue weighted by Crippen LogP contribution is -2.24. The van der Waals surface area contributed by atoms with Gasteiger partial charge in [-0.15, -0.1) is 15.3 Å². The minimum Gasteiger partial charge on any atom is -0.372 e. The van der Waals surface area contributed by atoms with Crippen molar-refractivity contribution in [2.45, 2.75) is 63.9 Å². The van der Waals surface area contributed by atoms with Gasteiger partial charge in [0.1, 0.15) is 16.9 Å². The molecule has 4 rings (SSSR count). The smallest absolute Gasteiger partial charge is 0.372 e. The zero-order valence-corrected chi connectivity index (χ0v) is 23.2. The van der Waals surface area contributed by atoms with Crippen LogP contribution in [0.3, 0.4) is 0 Å². The van der Waals surface area contributed by atoms with Crippen molar-refractivity contribution in [1.29, 1.82) is 0 Å². The molecule has 0 radical (unpaired) electrons. The Kier molecular flexibility index (Phi) is 10.0. The molecule has 230 valence electrons. The van der Waals surface area contributed by atoms with Gasteiger partial charge in [-0.05, 0) is 30.7 Å². The van der Waals surface area contributed by atoms with Crippen molar-refractivity contribution < 1.29 is 36.2 Å². The maximum Gasteiger partial charge on any atom is 0.416 e. The number of carbonyl (C=O) groups excluding carboxylic acids is 1. The minimum atomic E-state index is -4.55. The number of aliphatic hydroxyl groups excluding tert-OH is 1. The number of rotatable bonds is 13. The van der Waals surface area contributed by atoms with Crippen molar-refractivity contribution >= 4 is 17.2 Å². The summed E-state index contributed by atoms with van der Waals surface area (Å²) in [5.74, 6) is -3.82. The standard InChI is InChI=1S/C25H25F6N9O2S/c1-24(27,28)19-4-2-3-16(35-19)10-34-22(42)23-38-37-20(43-23)6-5-15(26)12-40-13-18(36-39-40)21(41)33-11-17-9-14(7-8-32-17)25(29,30)31/h2-4,7-9,13,15,22,34,42H,5-6,10-12H2,1H3,(H,33,41). The second kappa shape index (κ2) is 13.5. The first-order valence-corrected chi connectivity index (χ1v) is 13.5. The van der Waals surface area contributed by atoms with E-state index >= 15 is 0 Å². The molecule has 0 aromatic carbocycles. The highest BCUT2D eigenvalue weighted by Crippen LogP contribution is 2.29. The first-order chi connectivity index (χ1) is 20.3. The van der Waals surface area contributed by atoms with Crippen molar-refractivity contribution in [2.24, 2.45) is 0 Å². The zero-order valence-electron chi connectivity index (χ0n) is 22.4. The van der Waals surface area contributed by atoms with Gasteiger partial charge in [0.25, 0.3) is 11.8 Å². The highest BCUT2D eigenvalue weighted by molar-refractivity contribution is 7.11. The highest BCUT2D eigenvalue weighted by Gasteiger charge is 2.30. The number of aryl methyl sites for hydroxylation is 1. The third-order valence-electron chi connectivity index (χ3n) is 5.85. The van der Waals surface area contributed by atoms with Crippen LogP contribution in [0.25, 0.3) is 0 Å². The summed E-state index contributed by atoms with van der Waals surface area (Å²) in [6.07, 6.45) is -4.80. The molecule has 0 fully saturated rings. The quantitative estimate of drug-likeness (QED) is 0.149. The van der Waals surface area contributed by atoms with E-state index < -0.39 is 41.7 Å². The van der Waals surface area contributed by atoms with Crippen LogP contribution in [0.4, 0.5) is 26.3 Å². The summed E-state index contributed by atoms with van der Waals surface area (Å²) in [6, 6.07) is 5.82. The molecule has 2 unspecified atom stereocenters. The lowest BCUT2D eigenvalue weighted by molar-refractivity contribution is -0.137. The molecule has 0 bridgehead atoms. The maximum absolute atomic E-state index is 14.6. The summed E-state index contributed by atoms with van der Waals surface area (Å²) in [7, 11) is 0. The van der Waals surface area contributed by atoms with Crippen LogP contribution in [0.15, 0.2) is 42.7 Å². The number of amides is 1. The normalized spacial score (nSPS) is 13.6. The number of hydrogen-bond donors (Lipinski definition) is 3. The fourth-order valence-electron chi connectivity index (χ4n) is 3.67. The van der Waals surface area contributed by atoms with E-state index in [1.807, 2.05) is 0 Å². The third kappa shape index (κ3) is 9.23. The predicted molar refractivity (Wildman–Crippen MR) is 139 cm³/mol. The van der Waals surface area contributed by atoms with Gasteiger partial charge in [-0.25, -0.2) is 9.07 Å². The van der Waals surface area contributed by atoms with Crippen LogP contribution in [0, 0.1) is 0 Å².